The summed E-state index contributed by atoms with van der Waals surface area (Å²) < 4.78 is 10.8. The van der Waals surface area contributed by atoms with Crippen molar-refractivity contribution in [3.63, 3.8) is 0 Å². The third-order valence-corrected chi connectivity index (χ3v) is 5.99. The lowest BCUT2D eigenvalue weighted by molar-refractivity contribution is 0.0103. The van der Waals surface area contributed by atoms with Gasteiger partial charge in [0.05, 0.1) is 20.3 Å². The lowest BCUT2D eigenvalue weighted by Crippen LogP contribution is -2.47. The van der Waals surface area contributed by atoms with Gasteiger partial charge in [-0.2, -0.15) is 0 Å². The van der Waals surface area contributed by atoms with Crippen LogP contribution in [0.25, 0.3) is 0 Å². The molecule has 0 aliphatic carbocycles. The van der Waals surface area contributed by atoms with Crippen LogP contribution in [0.4, 0.5) is 0 Å². The van der Waals surface area contributed by atoms with Crippen molar-refractivity contribution in [2.75, 3.05) is 46.5 Å². The predicted octanol–water partition coefficient (Wildman–Crippen LogP) is 2.25. The van der Waals surface area contributed by atoms with Crippen LogP contribution in [0.5, 0.6) is 5.75 Å². The smallest absolute Gasteiger partial charge is 0.267 e. The van der Waals surface area contributed by atoms with E-state index in [1.807, 2.05) is 17.9 Å². The zero-order valence-corrected chi connectivity index (χ0v) is 15.0. The number of nitrogens with zero attached hydrogens (tertiary/aromatic N) is 2. The fourth-order valence-electron chi connectivity index (χ4n) is 3.68. The van der Waals surface area contributed by atoms with Crippen LogP contribution in [0, 0.1) is 12.8 Å². The fraction of sp³-hybridized carbons (Fsp3) is 0.706. The van der Waals surface area contributed by atoms with Crippen LogP contribution in [0.2, 0.25) is 0 Å². The second kappa shape index (κ2) is 7.20. The summed E-state index contributed by atoms with van der Waals surface area (Å²) in [5.41, 5.74) is 0. The maximum atomic E-state index is 12.9. The van der Waals surface area contributed by atoms with Crippen molar-refractivity contribution in [1.82, 2.24) is 9.80 Å². The molecular formula is C17H26N2O3S. The van der Waals surface area contributed by atoms with Crippen molar-refractivity contribution < 1.29 is 14.3 Å². The topological polar surface area (TPSA) is 42.0 Å². The third kappa shape index (κ3) is 3.39. The summed E-state index contributed by atoms with van der Waals surface area (Å²) in [6.07, 6.45) is 1.10. The number of likely N-dealkylation sites (tertiary alicyclic amines) is 1. The highest BCUT2D eigenvalue weighted by Crippen LogP contribution is 2.33. The van der Waals surface area contributed by atoms with Gasteiger partial charge in [0.15, 0.2) is 0 Å². The normalized spacial score (nSPS) is 25.8. The van der Waals surface area contributed by atoms with Crippen LogP contribution in [0.1, 0.15) is 27.9 Å². The Bertz CT molecular complexity index is 554. The molecule has 0 radical (unpaired) electrons. The molecule has 1 aromatic rings. The van der Waals surface area contributed by atoms with Crippen molar-refractivity contribution in [1.29, 1.82) is 0 Å². The summed E-state index contributed by atoms with van der Waals surface area (Å²) in [4.78, 5) is 19.3. The summed E-state index contributed by atoms with van der Waals surface area (Å²) in [6.45, 7) is 9.46. The average Bonchev–Trinajstić information content (AvgIpc) is 3.18. The largest absolute Gasteiger partial charge is 0.495 e. The molecule has 0 saturated carbocycles. The Morgan fingerprint density at radius 2 is 2.13 bits per heavy atom. The van der Waals surface area contributed by atoms with Gasteiger partial charge in [0.1, 0.15) is 10.6 Å². The molecular weight excluding hydrogens is 312 g/mol. The second-order valence-corrected chi connectivity index (χ2v) is 7.61. The number of rotatable bonds is 4. The van der Waals surface area contributed by atoms with Gasteiger partial charge in [0.2, 0.25) is 0 Å². The zero-order chi connectivity index (χ0) is 16.4. The molecule has 0 aromatic carbocycles. The van der Waals surface area contributed by atoms with E-state index in [0.29, 0.717) is 17.7 Å². The molecule has 23 heavy (non-hydrogen) atoms. The lowest BCUT2D eigenvalue weighted by Gasteiger charge is -2.34. The molecule has 2 atom stereocenters. The number of carbonyl (C=O) groups excluding carboxylic acids is 1. The number of methoxy groups -OCH3 is 1. The molecule has 3 rings (SSSR count). The highest BCUT2D eigenvalue weighted by atomic mass is 32.1. The van der Waals surface area contributed by atoms with E-state index < -0.39 is 0 Å². The van der Waals surface area contributed by atoms with Gasteiger partial charge in [-0.3, -0.25) is 9.69 Å². The molecule has 6 heteroatoms. The Morgan fingerprint density at radius 3 is 2.78 bits per heavy atom. The van der Waals surface area contributed by atoms with Gasteiger partial charge < -0.3 is 14.4 Å². The molecule has 3 heterocycles. The van der Waals surface area contributed by atoms with E-state index in [4.69, 9.17) is 9.47 Å². The Labute approximate surface area is 142 Å². The lowest BCUT2D eigenvalue weighted by atomic mass is 9.99. The molecule has 0 unspecified atom stereocenters. The summed E-state index contributed by atoms with van der Waals surface area (Å²) in [5, 5.41) is 0. The molecule has 2 fully saturated rings. The minimum Gasteiger partial charge on any atom is -0.495 e. The Kier molecular flexibility index (Phi) is 5.24. The molecule has 0 N–H and O–H groups in total. The number of thiophene rings is 1. The zero-order valence-electron chi connectivity index (χ0n) is 14.2. The van der Waals surface area contributed by atoms with Crippen LogP contribution in [-0.2, 0) is 4.74 Å². The van der Waals surface area contributed by atoms with Crippen molar-refractivity contribution in [2.24, 2.45) is 5.92 Å². The number of ether oxygens (including phenoxy) is 2. The van der Waals surface area contributed by atoms with Gasteiger partial charge in [-0.05, 0) is 18.9 Å². The number of morpholine rings is 1. The van der Waals surface area contributed by atoms with Crippen LogP contribution < -0.4 is 4.74 Å². The maximum Gasteiger partial charge on any atom is 0.267 e. The van der Waals surface area contributed by atoms with Crippen molar-refractivity contribution in [3.8, 4) is 5.75 Å². The summed E-state index contributed by atoms with van der Waals surface area (Å²) in [5.74, 6) is 1.37. The summed E-state index contributed by atoms with van der Waals surface area (Å²) in [7, 11) is 1.63. The number of carbonyl (C=O) groups is 1. The number of hydrogen-bond acceptors (Lipinski definition) is 5. The fourth-order valence-corrected chi connectivity index (χ4v) is 4.63. The molecule has 128 valence electrons. The van der Waals surface area contributed by atoms with E-state index >= 15 is 0 Å². The highest BCUT2D eigenvalue weighted by molar-refractivity contribution is 7.14. The van der Waals surface area contributed by atoms with Gasteiger partial charge in [0.25, 0.3) is 5.91 Å². The van der Waals surface area contributed by atoms with Gasteiger partial charge in [-0.25, -0.2) is 0 Å². The number of amides is 1. The first-order valence-corrected chi connectivity index (χ1v) is 9.21. The van der Waals surface area contributed by atoms with Crippen LogP contribution >= 0.6 is 11.3 Å². The van der Waals surface area contributed by atoms with E-state index in [2.05, 4.69) is 11.8 Å². The Hall–Kier alpha value is -1.11. The summed E-state index contributed by atoms with van der Waals surface area (Å²) >= 11 is 1.53. The SMILES string of the molecule is CC[C@H]1CN(C(=O)c2sc(C)cc2OC)C[C@@H]1N1CCOCC1. The molecule has 2 saturated heterocycles. The standard InChI is InChI=1S/C17H26N2O3S/c1-4-13-10-19(11-14(13)18-5-7-22-8-6-18)17(20)16-15(21-3)9-12(2)23-16/h9,13-14H,4-8,10-11H2,1-3H3/t13-,14-/m0/s1. The summed E-state index contributed by atoms with van der Waals surface area (Å²) in [6, 6.07) is 2.41. The highest BCUT2D eigenvalue weighted by Gasteiger charge is 2.39. The first-order chi connectivity index (χ1) is 11.1. The monoisotopic (exact) mass is 338 g/mol. The number of hydrogen-bond donors (Lipinski definition) is 0. The van der Waals surface area contributed by atoms with E-state index in [0.717, 1.165) is 55.6 Å². The minimum atomic E-state index is 0.120. The van der Waals surface area contributed by atoms with Crippen molar-refractivity contribution in [2.45, 2.75) is 26.3 Å². The van der Waals surface area contributed by atoms with E-state index in [9.17, 15) is 4.79 Å². The van der Waals surface area contributed by atoms with Gasteiger partial charge >= 0.3 is 0 Å². The van der Waals surface area contributed by atoms with Gasteiger partial charge in [0, 0.05) is 37.1 Å². The van der Waals surface area contributed by atoms with E-state index in [1.54, 1.807) is 7.11 Å². The molecule has 0 bridgehead atoms. The first kappa shape index (κ1) is 16.7. The molecule has 1 amide bonds. The van der Waals surface area contributed by atoms with Gasteiger partial charge in [-0.1, -0.05) is 13.3 Å². The number of aryl methyl sites for hydroxylation is 1. The van der Waals surface area contributed by atoms with Gasteiger partial charge in [-0.15, -0.1) is 11.3 Å². The first-order valence-electron chi connectivity index (χ1n) is 8.39. The van der Waals surface area contributed by atoms with Crippen molar-refractivity contribution in [3.05, 3.63) is 15.8 Å². The van der Waals surface area contributed by atoms with E-state index in [1.165, 1.54) is 11.3 Å². The second-order valence-electron chi connectivity index (χ2n) is 6.35. The molecule has 2 aliphatic rings. The Morgan fingerprint density at radius 1 is 1.39 bits per heavy atom. The quantitative estimate of drug-likeness (QED) is 0.844. The van der Waals surface area contributed by atoms with E-state index in [-0.39, 0.29) is 5.91 Å². The maximum absolute atomic E-state index is 12.9. The molecule has 0 spiro atoms. The Balaban J connectivity index is 1.74. The molecule has 2 aliphatic heterocycles. The third-order valence-electron chi connectivity index (χ3n) is 4.97. The minimum absolute atomic E-state index is 0.120. The molecule has 5 nitrogen and oxygen atoms in total. The molecule has 1 aromatic heterocycles. The van der Waals surface area contributed by atoms with Crippen LogP contribution in [-0.4, -0.2) is 68.3 Å². The van der Waals surface area contributed by atoms with Crippen molar-refractivity contribution >= 4 is 17.2 Å². The average molecular weight is 338 g/mol. The van der Waals surface area contributed by atoms with Crippen LogP contribution in [0.3, 0.4) is 0 Å². The predicted molar refractivity (Wildman–Crippen MR) is 91.5 cm³/mol. The van der Waals surface area contributed by atoms with Crippen LogP contribution in [0.15, 0.2) is 6.07 Å².